The van der Waals surface area contributed by atoms with Gasteiger partial charge in [0.05, 0.1) is 21.5 Å². The first-order valence-electron chi connectivity index (χ1n) is 5.50. The minimum Gasteiger partial charge on any atom is -0.435 e. The van der Waals surface area contributed by atoms with Gasteiger partial charge in [0.15, 0.2) is 6.23 Å². The molecule has 2 rings (SSSR count). The number of nitrogens with zero attached hydrogens (tertiary/aromatic N) is 2. The first-order chi connectivity index (χ1) is 9.86. The fourth-order valence-corrected chi connectivity index (χ4v) is 1.60. The van der Waals surface area contributed by atoms with Crippen molar-refractivity contribution in [1.29, 1.82) is 0 Å². The molecule has 0 spiro atoms. The number of carbonyl (C=O) groups is 2. The molecule has 1 aliphatic heterocycles. The van der Waals surface area contributed by atoms with E-state index in [0.29, 0.717) is 0 Å². The van der Waals surface area contributed by atoms with Crippen molar-refractivity contribution < 1.29 is 24.2 Å². The number of rotatable bonds is 4. The fourth-order valence-electron chi connectivity index (χ4n) is 1.60. The molecule has 108 valence electrons. The number of carbonyl (C=O) groups excluding carboxylic acids is 2. The molecule has 0 aromatic heterocycles. The van der Waals surface area contributed by atoms with Crippen molar-refractivity contribution in [2.75, 3.05) is 0 Å². The number of amides is 1. The number of non-ortho nitro benzene ring substituents is 2. The topological polar surface area (TPSA) is 142 Å². The summed E-state index contributed by atoms with van der Waals surface area (Å²) in [5.74, 6) is -1.49. The number of hydrogen-bond acceptors (Lipinski definition) is 7. The van der Waals surface area contributed by atoms with E-state index in [4.69, 9.17) is 0 Å². The minimum absolute atomic E-state index is 0.285. The Balaban J connectivity index is 2.27. The van der Waals surface area contributed by atoms with Gasteiger partial charge in [-0.25, -0.2) is 4.79 Å². The van der Waals surface area contributed by atoms with Crippen LogP contribution in [0.25, 0.3) is 0 Å². The zero-order valence-corrected chi connectivity index (χ0v) is 10.2. The van der Waals surface area contributed by atoms with Crippen LogP contribution in [0.5, 0.6) is 0 Å². The Kier molecular flexibility index (Phi) is 3.61. The summed E-state index contributed by atoms with van der Waals surface area (Å²) in [6.07, 6.45) is 1.36. The molecule has 0 saturated heterocycles. The maximum atomic E-state index is 11.9. The van der Waals surface area contributed by atoms with Crippen LogP contribution in [0.3, 0.4) is 0 Å². The van der Waals surface area contributed by atoms with Gasteiger partial charge in [0.25, 0.3) is 17.3 Å². The van der Waals surface area contributed by atoms with E-state index < -0.39 is 39.3 Å². The van der Waals surface area contributed by atoms with Gasteiger partial charge in [0, 0.05) is 18.2 Å². The van der Waals surface area contributed by atoms with Gasteiger partial charge in [0.1, 0.15) is 0 Å². The normalized spacial score (nSPS) is 16.4. The smallest absolute Gasteiger partial charge is 0.332 e. The molecule has 1 aromatic carbocycles. The molecule has 1 atom stereocenters. The number of cyclic esters (lactones) is 1. The lowest BCUT2D eigenvalue weighted by atomic mass is 10.1. The van der Waals surface area contributed by atoms with Gasteiger partial charge in [-0.1, -0.05) is 0 Å². The lowest BCUT2D eigenvalue weighted by molar-refractivity contribution is -0.394. The van der Waals surface area contributed by atoms with Crippen molar-refractivity contribution >= 4 is 23.3 Å². The van der Waals surface area contributed by atoms with E-state index in [9.17, 15) is 29.8 Å². The summed E-state index contributed by atoms with van der Waals surface area (Å²) in [5, 5.41) is 23.7. The van der Waals surface area contributed by atoms with Crippen LogP contribution < -0.4 is 5.32 Å². The van der Waals surface area contributed by atoms with Crippen molar-refractivity contribution in [3.05, 3.63) is 56.1 Å². The Hall–Kier alpha value is -3.30. The Morgan fingerprint density at radius 3 is 2.14 bits per heavy atom. The third-order valence-electron chi connectivity index (χ3n) is 2.51. The van der Waals surface area contributed by atoms with Crippen LogP contribution in [0, 0.1) is 20.2 Å². The Morgan fingerprint density at radius 2 is 1.71 bits per heavy atom. The second-order valence-electron chi connectivity index (χ2n) is 3.94. The minimum atomic E-state index is -1.01. The van der Waals surface area contributed by atoms with Gasteiger partial charge < -0.3 is 10.1 Å². The molecule has 10 nitrogen and oxygen atoms in total. The Labute approximate surface area is 116 Å². The summed E-state index contributed by atoms with van der Waals surface area (Å²) < 4.78 is 4.66. The predicted molar refractivity (Wildman–Crippen MR) is 66.2 cm³/mol. The third kappa shape index (κ3) is 3.18. The zero-order valence-electron chi connectivity index (χ0n) is 10.2. The molecule has 21 heavy (non-hydrogen) atoms. The van der Waals surface area contributed by atoms with Gasteiger partial charge in [-0.3, -0.25) is 25.0 Å². The molecular formula is C11H7N3O7. The largest absolute Gasteiger partial charge is 0.435 e. The third-order valence-corrected chi connectivity index (χ3v) is 2.51. The standard InChI is InChI=1S/C11H7N3O7/c15-10-2-1-9(21-10)12-11(16)6-3-7(13(17)18)5-8(4-6)14(19)20/h1-5,9H,(H,12,16). The summed E-state index contributed by atoms with van der Waals surface area (Å²) in [6.45, 7) is 0. The molecule has 1 aliphatic rings. The van der Waals surface area contributed by atoms with Crippen molar-refractivity contribution in [2.24, 2.45) is 0 Å². The van der Waals surface area contributed by atoms with E-state index in [1.54, 1.807) is 0 Å². The summed E-state index contributed by atoms with van der Waals surface area (Å²) >= 11 is 0. The summed E-state index contributed by atoms with van der Waals surface area (Å²) in [7, 11) is 0. The molecule has 0 saturated carbocycles. The number of ether oxygens (including phenoxy) is 1. The van der Waals surface area contributed by atoms with Crippen LogP contribution in [0.15, 0.2) is 30.4 Å². The van der Waals surface area contributed by atoms with Crippen LogP contribution in [0.4, 0.5) is 11.4 Å². The Bertz CT molecular complexity index is 650. The SMILES string of the molecule is O=C1C=CC(NC(=O)c2cc([N+](=O)[O-])cc([N+](=O)[O-])c2)O1. The molecule has 0 fully saturated rings. The van der Waals surface area contributed by atoms with Crippen molar-refractivity contribution in [3.63, 3.8) is 0 Å². The molecule has 10 heteroatoms. The van der Waals surface area contributed by atoms with E-state index in [2.05, 4.69) is 10.1 Å². The van der Waals surface area contributed by atoms with E-state index in [1.165, 1.54) is 6.08 Å². The fraction of sp³-hybridized carbons (Fsp3) is 0.0909. The molecule has 0 aliphatic carbocycles. The maximum absolute atomic E-state index is 11.9. The highest BCUT2D eigenvalue weighted by Gasteiger charge is 2.23. The van der Waals surface area contributed by atoms with Gasteiger partial charge in [-0.15, -0.1) is 0 Å². The quantitative estimate of drug-likeness (QED) is 0.488. The molecule has 1 unspecified atom stereocenters. The number of nitro benzene ring substituents is 2. The van der Waals surface area contributed by atoms with E-state index in [0.717, 1.165) is 24.3 Å². The maximum Gasteiger partial charge on any atom is 0.332 e. The molecule has 0 radical (unpaired) electrons. The highest BCUT2D eigenvalue weighted by Crippen LogP contribution is 2.22. The molecule has 1 amide bonds. The average molecular weight is 293 g/mol. The van der Waals surface area contributed by atoms with Gasteiger partial charge >= 0.3 is 5.97 Å². The number of benzene rings is 1. The van der Waals surface area contributed by atoms with Gasteiger partial charge in [-0.05, 0) is 6.08 Å². The van der Waals surface area contributed by atoms with Gasteiger partial charge in [0.2, 0.25) is 0 Å². The molecular weight excluding hydrogens is 286 g/mol. The van der Waals surface area contributed by atoms with Crippen molar-refractivity contribution in [1.82, 2.24) is 5.32 Å². The number of nitrogens with one attached hydrogen (secondary N) is 1. The van der Waals surface area contributed by atoms with Crippen LogP contribution in [0.1, 0.15) is 10.4 Å². The summed E-state index contributed by atoms with van der Waals surface area (Å²) in [6, 6.07) is 2.53. The summed E-state index contributed by atoms with van der Waals surface area (Å²) in [5.41, 5.74) is -1.46. The highest BCUT2D eigenvalue weighted by molar-refractivity contribution is 5.96. The first-order valence-corrected chi connectivity index (χ1v) is 5.50. The summed E-state index contributed by atoms with van der Waals surface area (Å²) in [4.78, 5) is 42.4. The van der Waals surface area contributed by atoms with Crippen LogP contribution in [-0.4, -0.2) is 28.0 Å². The van der Waals surface area contributed by atoms with E-state index in [1.807, 2.05) is 0 Å². The molecule has 1 aromatic rings. The van der Waals surface area contributed by atoms with Crippen molar-refractivity contribution in [2.45, 2.75) is 6.23 Å². The lowest BCUT2D eigenvalue weighted by Crippen LogP contribution is -2.34. The average Bonchev–Trinajstić information content (AvgIpc) is 2.83. The van der Waals surface area contributed by atoms with Crippen LogP contribution in [-0.2, 0) is 9.53 Å². The van der Waals surface area contributed by atoms with Crippen LogP contribution >= 0.6 is 0 Å². The second kappa shape index (κ2) is 5.36. The number of hydrogen-bond donors (Lipinski definition) is 1. The number of nitro groups is 2. The number of esters is 1. The zero-order chi connectivity index (χ0) is 15.6. The van der Waals surface area contributed by atoms with E-state index >= 15 is 0 Å². The highest BCUT2D eigenvalue weighted by atomic mass is 16.6. The molecule has 1 heterocycles. The second-order valence-corrected chi connectivity index (χ2v) is 3.94. The monoisotopic (exact) mass is 293 g/mol. The lowest BCUT2D eigenvalue weighted by Gasteiger charge is -2.10. The Morgan fingerprint density at radius 1 is 1.14 bits per heavy atom. The molecule has 0 bridgehead atoms. The predicted octanol–water partition coefficient (Wildman–Crippen LogP) is 0.672. The van der Waals surface area contributed by atoms with Crippen molar-refractivity contribution in [3.8, 4) is 0 Å². The van der Waals surface area contributed by atoms with Crippen LogP contribution in [0.2, 0.25) is 0 Å². The first kappa shape index (κ1) is 14.1. The molecule has 1 N–H and O–H groups in total. The van der Waals surface area contributed by atoms with Gasteiger partial charge in [-0.2, -0.15) is 0 Å². The van der Waals surface area contributed by atoms with E-state index in [-0.39, 0.29) is 5.56 Å².